The Morgan fingerprint density at radius 3 is 2.65 bits per heavy atom. The Morgan fingerprint density at radius 1 is 1.35 bits per heavy atom. The highest BCUT2D eigenvalue weighted by Gasteiger charge is 2.20. The Kier molecular flexibility index (Phi) is 5.15. The summed E-state index contributed by atoms with van der Waals surface area (Å²) in [6, 6.07) is 6.81. The summed E-state index contributed by atoms with van der Waals surface area (Å²) in [7, 11) is -3.23. The van der Waals surface area contributed by atoms with Crippen LogP contribution >= 0.6 is 0 Å². The van der Waals surface area contributed by atoms with Crippen LogP contribution < -0.4 is 5.73 Å². The first-order chi connectivity index (χ1) is 9.51. The van der Waals surface area contributed by atoms with Crippen molar-refractivity contribution in [1.29, 1.82) is 0 Å². The van der Waals surface area contributed by atoms with Gasteiger partial charge in [0.15, 0.2) is 9.84 Å². The molecule has 1 atom stereocenters. The first-order valence-corrected chi connectivity index (χ1v) is 8.52. The normalized spacial score (nSPS) is 21.0. The van der Waals surface area contributed by atoms with Crippen LogP contribution in [-0.4, -0.2) is 51.4 Å². The fraction of sp³-hybridized carbons (Fsp3) is 0.571. The molecule has 0 saturated carbocycles. The Bertz CT molecular complexity index is 528. The summed E-state index contributed by atoms with van der Waals surface area (Å²) < 4.78 is 30.0. The molecule has 0 amide bonds. The number of hydrogen-bond acceptors (Lipinski definition) is 5. The van der Waals surface area contributed by atoms with E-state index >= 15 is 0 Å². The molecule has 2 N–H and O–H groups in total. The molecule has 6 heteroatoms. The van der Waals surface area contributed by atoms with Crippen molar-refractivity contribution in [2.75, 3.05) is 32.0 Å². The van der Waals surface area contributed by atoms with Crippen LogP contribution in [0.1, 0.15) is 12.5 Å². The summed E-state index contributed by atoms with van der Waals surface area (Å²) in [5.74, 6) is 0.141. The summed E-state index contributed by atoms with van der Waals surface area (Å²) >= 11 is 0. The molecule has 1 saturated heterocycles. The van der Waals surface area contributed by atoms with Crippen LogP contribution in [0.5, 0.6) is 0 Å². The van der Waals surface area contributed by atoms with Crippen LogP contribution in [0.25, 0.3) is 0 Å². The van der Waals surface area contributed by atoms with Crippen LogP contribution in [0.3, 0.4) is 0 Å². The van der Waals surface area contributed by atoms with E-state index in [1.807, 2.05) is 6.92 Å². The van der Waals surface area contributed by atoms with E-state index in [1.54, 1.807) is 24.3 Å². The third-order valence-electron chi connectivity index (χ3n) is 3.52. The third kappa shape index (κ3) is 4.02. The van der Waals surface area contributed by atoms with Crippen molar-refractivity contribution in [1.82, 2.24) is 4.90 Å². The van der Waals surface area contributed by atoms with Crippen LogP contribution in [-0.2, 0) is 21.1 Å². The summed E-state index contributed by atoms with van der Waals surface area (Å²) in [6.07, 6.45) is 0.176. The molecule has 0 bridgehead atoms. The minimum absolute atomic E-state index is 0.141. The molecule has 1 fully saturated rings. The van der Waals surface area contributed by atoms with Crippen molar-refractivity contribution in [3.63, 3.8) is 0 Å². The molecule has 112 valence electrons. The van der Waals surface area contributed by atoms with Gasteiger partial charge in [0.2, 0.25) is 0 Å². The highest BCUT2D eigenvalue weighted by Crippen LogP contribution is 2.13. The lowest BCUT2D eigenvalue weighted by Gasteiger charge is -2.30. The van der Waals surface area contributed by atoms with Gasteiger partial charge in [-0.1, -0.05) is 12.1 Å². The second kappa shape index (κ2) is 6.67. The van der Waals surface area contributed by atoms with Crippen LogP contribution in [0.4, 0.5) is 0 Å². The molecule has 1 unspecified atom stereocenters. The van der Waals surface area contributed by atoms with Gasteiger partial charge in [0.25, 0.3) is 0 Å². The molecule has 20 heavy (non-hydrogen) atoms. The van der Waals surface area contributed by atoms with Crippen molar-refractivity contribution >= 4 is 9.84 Å². The topological polar surface area (TPSA) is 72.6 Å². The third-order valence-corrected chi connectivity index (χ3v) is 5.23. The monoisotopic (exact) mass is 298 g/mol. The fourth-order valence-electron chi connectivity index (χ4n) is 2.29. The van der Waals surface area contributed by atoms with E-state index in [4.69, 9.17) is 10.5 Å². The van der Waals surface area contributed by atoms with Crippen molar-refractivity contribution < 1.29 is 13.2 Å². The first-order valence-electron chi connectivity index (χ1n) is 6.87. The van der Waals surface area contributed by atoms with Crippen molar-refractivity contribution in [2.24, 2.45) is 5.73 Å². The average Bonchev–Trinajstić information content (AvgIpc) is 2.45. The maximum absolute atomic E-state index is 12.3. The summed E-state index contributed by atoms with van der Waals surface area (Å²) in [4.78, 5) is 2.51. The minimum atomic E-state index is -3.23. The van der Waals surface area contributed by atoms with Crippen molar-refractivity contribution in [2.45, 2.75) is 24.5 Å². The summed E-state index contributed by atoms with van der Waals surface area (Å²) in [6.45, 7) is 5.24. The molecule has 1 aliphatic heterocycles. The van der Waals surface area contributed by atoms with Gasteiger partial charge < -0.3 is 10.5 Å². The minimum Gasteiger partial charge on any atom is -0.376 e. The zero-order valence-electron chi connectivity index (χ0n) is 11.8. The number of nitrogens with zero attached hydrogens (tertiary/aromatic N) is 1. The predicted molar refractivity (Wildman–Crippen MR) is 78.2 cm³/mol. The quantitative estimate of drug-likeness (QED) is 0.863. The highest BCUT2D eigenvalue weighted by molar-refractivity contribution is 7.91. The molecule has 1 aromatic carbocycles. The van der Waals surface area contributed by atoms with Gasteiger partial charge in [-0.15, -0.1) is 0 Å². The van der Waals surface area contributed by atoms with Gasteiger partial charge in [0.1, 0.15) is 0 Å². The summed E-state index contributed by atoms with van der Waals surface area (Å²) in [5, 5.41) is 0. The summed E-state index contributed by atoms with van der Waals surface area (Å²) in [5.41, 5.74) is 6.45. The first kappa shape index (κ1) is 15.4. The molecule has 0 spiro atoms. The van der Waals surface area contributed by atoms with Crippen LogP contribution in [0.15, 0.2) is 29.2 Å². The maximum atomic E-state index is 12.3. The maximum Gasteiger partial charge on any atom is 0.179 e. The Labute approximate surface area is 120 Å². The standard InChI is InChI=1S/C14H22N2O3S/c1-12-11-16(6-8-19-12)7-9-20(17,18)14-4-2-13(10-15)3-5-14/h2-5,12H,6-11,15H2,1H3. The van der Waals surface area contributed by atoms with Gasteiger partial charge in [0, 0.05) is 26.2 Å². The van der Waals surface area contributed by atoms with Gasteiger partial charge >= 0.3 is 0 Å². The molecular formula is C14H22N2O3S. The number of benzene rings is 1. The number of rotatable bonds is 5. The smallest absolute Gasteiger partial charge is 0.179 e. The van der Waals surface area contributed by atoms with Crippen LogP contribution in [0, 0.1) is 0 Å². The SMILES string of the molecule is CC1CN(CCS(=O)(=O)c2ccc(CN)cc2)CCO1. The van der Waals surface area contributed by atoms with Gasteiger partial charge in [0.05, 0.1) is 23.4 Å². The van der Waals surface area contributed by atoms with Gasteiger partial charge in [-0.2, -0.15) is 0 Å². The lowest BCUT2D eigenvalue weighted by molar-refractivity contribution is -0.0160. The van der Waals surface area contributed by atoms with Crippen LogP contribution in [0.2, 0.25) is 0 Å². The molecule has 0 aliphatic carbocycles. The molecular weight excluding hydrogens is 276 g/mol. The fourth-order valence-corrected chi connectivity index (χ4v) is 3.58. The number of nitrogens with two attached hydrogens (primary N) is 1. The molecule has 0 aromatic heterocycles. The average molecular weight is 298 g/mol. The van der Waals surface area contributed by atoms with E-state index in [1.165, 1.54) is 0 Å². The van der Waals surface area contributed by atoms with Crippen molar-refractivity contribution in [3.8, 4) is 0 Å². The van der Waals surface area contributed by atoms with E-state index in [0.29, 0.717) is 24.6 Å². The molecule has 0 radical (unpaired) electrons. The van der Waals surface area contributed by atoms with E-state index in [9.17, 15) is 8.42 Å². The molecule has 1 aliphatic rings. The van der Waals surface area contributed by atoms with E-state index in [2.05, 4.69) is 4.90 Å². The second-order valence-corrected chi connectivity index (χ2v) is 7.26. The van der Waals surface area contributed by atoms with E-state index in [-0.39, 0.29) is 11.9 Å². The number of hydrogen-bond donors (Lipinski definition) is 1. The second-order valence-electron chi connectivity index (χ2n) is 5.15. The highest BCUT2D eigenvalue weighted by atomic mass is 32.2. The van der Waals surface area contributed by atoms with Gasteiger partial charge in [-0.3, -0.25) is 4.90 Å². The van der Waals surface area contributed by atoms with Crippen molar-refractivity contribution in [3.05, 3.63) is 29.8 Å². The lowest BCUT2D eigenvalue weighted by Crippen LogP contribution is -2.43. The molecule has 1 aromatic rings. The molecule has 2 rings (SSSR count). The number of ether oxygens (including phenoxy) is 1. The molecule has 5 nitrogen and oxygen atoms in total. The van der Waals surface area contributed by atoms with E-state index < -0.39 is 9.84 Å². The van der Waals surface area contributed by atoms with E-state index in [0.717, 1.165) is 18.7 Å². The lowest BCUT2D eigenvalue weighted by atomic mass is 10.2. The number of sulfone groups is 1. The Morgan fingerprint density at radius 2 is 2.05 bits per heavy atom. The largest absolute Gasteiger partial charge is 0.376 e. The zero-order chi connectivity index (χ0) is 14.6. The Balaban J connectivity index is 1.96. The molecule has 1 heterocycles. The van der Waals surface area contributed by atoms with Gasteiger partial charge in [-0.05, 0) is 24.6 Å². The van der Waals surface area contributed by atoms with Gasteiger partial charge in [-0.25, -0.2) is 8.42 Å². The zero-order valence-corrected chi connectivity index (χ0v) is 12.6. The Hall–Kier alpha value is -0.950. The predicted octanol–water partition coefficient (Wildman–Crippen LogP) is 0.640. The number of morpholine rings is 1.